The van der Waals surface area contributed by atoms with E-state index in [1.165, 1.54) is 12.8 Å². The van der Waals surface area contributed by atoms with Gasteiger partial charge in [-0.1, -0.05) is 26.2 Å². The van der Waals surface area contributed by atoms with Crippen molar-refractivity contribution in [2.45, 2.75) is 65.0 Å². The summed E-state index contributed by atoms with van der Waals surface area (Å²) in [6.07, 6.45) is 5.00. The predicted octanol–water partition coefficient (Wildman–Crippen LogP) is 1.69. The highest BCUT2D eigenvalue weighted by atomic mass is 16.2. The van der Waals surface area contributed by atoms with Gasteiger partial charge in [-0.15, -0.1) is 0 Å². The number of nitrogens with zero attached hydrogens (tertiary/aromatic N) is 1. The van der Waals surface area contributed by atoms with E-state index in [4.69, 9.17) is 0 Å². The van der Waals surface area contributed by atoms with E-state index >= 15 is 0 Å². The molecule has 17 heavy (non-hydrogen) atoms. The van der Waals surface area contributed by atoms with Crippen LogP contribution in [0.5, 0.6) is 0 Å². The number of hydrogen-bond donors (Lipinski definition) is 1. The van der Waals surface area contributed by atoms with Crippen LogP contribution in [0.1, 0.15) is 52.9 Å². The predicted molar refractivity (Wildman–Crippen MR) is 67.5 cm³/mol. The molecule has 2 amide bonds. The Hall–Kier alpha value is -1.06. The van der Waals surface area contributed by atoms with Gasteiger partial charge in [0, 0.05) is 19.0 Å². The number of amides is 2. The summed E-state index contributed by atoms with van der Waals surface area (Å²) in [7, 11) is 0. The van der Waals surface area contributed by atoms with Gasteiger partial charge in [0.05, 0.1) is 0 Å². The fourth-order valence-corrected chi connectivity index (χ4v) is 2.24. The van der Waals surface area contributed by atoms with Gasteiger partial charge in [-0.2, -0.15) is 0 Å². The van der Waals surface area contributed by atoms with Crippen LogP contribution in [0.25, 0.3) is 0 Å². The first-order valence-corrected chi connectivity index (χ1v) is 6.66. The molecule has 0 aromatic rings. The first kappa shape index (κ1) is 14.0. The first-order valence-electron chi connectivity index (χ1n) is 6.66. The van der Waals surface area contributed by atoms with Crippen molar-refractivity contribution < 1.29 is 9.59 Å². The third-order valence-electron chi connectivity index (χ3n) is 3.37. The lowest BCUT2D eigenvalue weighted by Gasteiger charge is -2.29. The van der Waals surface area contributed by atoms with Crippen molar-refractivity contribution in [3.05, 3.63) is 0 Å². The molecule has 2 atom stereocenters. The number of rotatable bonds is 5. The molecule has 0 saturated carbocycles. The van der Waals surface area contributed by atoms with Gasteiger partial charge in [0.2, 0.25) is 11.8 Å². The van der Waals surface area contributed by atoms with Crippen LogP contribution in [-0.2, 0) is 9.59 Å². The molecule has 1 rings (SSSR count). The quantitative estimate of drug-likeness (QED) is 0.743. The van der Waals surface area contributed by atoms with Gasteiger partial charge < -0.3 is 10.2 Å². The van der Waals surface area contributed by atoms with E-state index in [1.54, 1.807) is 6.92 Å². The molecule has 1 aliphatic heterocycles. The minimum absolute atomic E-state index is 0.0193. The average Bonchev–Trinajstić information content (AvgIpc) is 2.40. The first-order chi connectivity index (χ1) is 8.06. The normalized spacial score (nSPS) is 23.2. The van der Waals surface area contributed by atoms with E-state index < -0.39 is 0 Å². The van der Waals surface area contributed by atoms with Gasteiger partial charge >= 0.3 is 0 Å². The van der Waals surface area contributed by atoms with Gasteiger partial charge in [-0.25, -0.2) is 0 Å². The molecule has 1 saturated heterocycles. The van der Waals surface area contributed by atoms with E-state index in [-0.39, 0.29) is 23.9 Å². The lowest BCUT2D eigenvalue weighted by Crippen LogP contribution is -2.46. The summed E-state index contributed by atoms with van der Waals surface area (Å²) in [5.41, 5.74) is 0. The highest BCUT2D eigenvalue weighted by Gasteiger charge is 2.29. The molecule has 0 aromatic carbocycles. The Kier molecular flexibility index (Phi) is 5.45. The second-order valence-corrected chi connectivity index (χ2v) is 4.92. The van der Waals surface area contributed by atoms with Crippen LogP contribution in [0.4, 0.5) is 0 Å². The average molecular weight is 240 g/mol. The molecule has 98 valence electrons. The molecule has 0 aliphatic carbocycles. The molecule has 0 bridgehead atoms. The maximum absolute atomic E-state index is 12.1. The third-order valence-corrected chi connectivity index (χ3v) is 3.37. The summed E-state index contributed by atoms with van der Waals surface area (Å²) in [4.78, 5) is 25.3. The van der Waals surface area contributed by atoms with Crippen LogP contribution in [0.3, 0.4) is 0 Å². The van der Waals surface area contributed by atoms with Gasteiger partial charge in [0.15, 0.2) is 0 Å². The van der Waals surface area contributed by atoms with E-state index in [9.17, 15) is 9.59 Å². The van der Waals surface area contributed by atoms with Gasteiger partial charge in [-0.3, -0.25) is 9.59 Å². The molecule has 1 aliphatic rings. The maximum atomic E-state index is 12.1. The minimum atomic E-state index is -0.376. The number of carbonyl (C=O) groups is 2. The molecule has 1 heterocycles. The lowest BCUT2D eigenvalue weighted by atomic mass is 10.1. The van der Waals surface area contributed by atoms with Crippen molar-refractivity contribution in [3.63, 3.8) is 0 Å². The number of unbranched alkanes of at least 4 members (excludes halogenated alkanes) is 2. The second-order valence-electron chi connectivity index (χ2n) is 4.92. The Labute approximate surface area is 104 Å². The Morgan fingerprint density at radius 2 is 2.12 bits per heavy atom. The smallest absolute Gasteiger partial charge is 0.245 e. The maximum Gasteiger partial charge on any atom is 0.245 e. The summed E-state index contributed by atoms with van der Waals surface area (Å²) in [5, 5.41) is 2.71. The van der Waals surface area contributed by atoms with Gasteiger partial charge in [0.25, 0.3) is 0 Å². The van der Waals surface area contributed by atoms with Gasteiger partial charge in [0.1, 0.15) is 6.04 Å². The fourth-order valence-electron chi connectivity index (χ4n) is 2.24. The fraction of sp³-hybridized carbons (Fsp3) is 0.846. The van der Waals surface area contributed by atoms with Crippen LogP contribution in [0.15, 0.2) is 0 Å². The van der Waals surface area contributed by atoms with Crippen molar-refractivity contribution in [2.24, 2.45) is 0 Å². The second kappa shape index (κ2) is 6.62. The molecule has 0 radical (unpaired) electrons. The highest BCUT2D eigenvalue weighted by molar-refractivity contribution is 5.89. The van der Waals surface area contributed by atoms with Crippen LogP contribution >= 0.6 is 0 Å². The summed E-state index contributed by atoms with van der Waals surface area (Å²) < 4.78 is 0. The SMILES string of the molecule is CCCCCC(C)N1CCC(=O)NC(C)C1=O. The van der Waals surface area contributed by atoms with Crippen molar-refractivity contribution in [2.75, 3.05) is 6.54 Å². The van der Waals surface area contributed by atoms with Crippen molar-refractivity contribution in [1.82, 2.24) is 10.2 Å². The molecular formula is C13H24N2O2. The lowest BCUT2D eigenvalue weighted by molar-refractivity contribution is -0.134. The Bertz CT molecular complexity index is 279. The number of nitrogens with one attached hydrogen (secondary N) is 1. The molecule has 1 fully saturated rings. The van der Waals surface area contributed by atoms with E-state index in [0.29, 0.717) is 13.0 Å². The van der Waals surface area contributed by atoms with Crippen molar-refractivity contribution >= 4 is 11.8 Å². The molecule has 4 heteroatoms. The molecule has 1 N–H and O–H groups in total. The zero-order valence-corrected chi connectivity index (χ0v) is 11.2. The van der Waals surface area contributed by atoms with Gasteiger partial charge in [-0.05, 0) is 20.3 Å². The molecule has 0 aromatic heterocycles. The van der Waals surface area contributed by atoms with Crippen LogP contribution in [0, 0.1) is 0 Å². The largest absolute Gasteiger partial charge is 0.345 e. The van der Waals surface area contributed by atoms with Crippen LogP contribution in [-0.4, -0.2) is 35.3 Å². The molecular weight excluding hydrogens is 216 g/mol. The molecule has 0 spiro atoms. The molecule has 4 nitrogen and oxygen atoms in total. The minimum Gasteiger partial charge on any atom is -0.345 e. The van der Waals surface area contributed by atoms with Crippen LogP contribution in [0.2, 0.25) is 0 Å². The van der Waals surface area contributed by atoms with Crippen molar-refractivity contribution in [3.8, 4) is 0 Å². The third kappa shape index (κ3) is 4.02. The number of carbonyl (C=O) groups excluding carboxylic acids is 2. The summed E-state index contributed by atoms with van der Waals surface area (Å²) in [5.74, 6) is 0.0361. The van der Waals surface area contributed by atoms with Crippen LogP contribution < -0.4 is 5.32 Å². The Balaban J connectivity index is 2.54. The zero-order valence-electron chi connectivity index (χ0n) is 11.2. The Morgan fingerprint density at radius 1 is 1.41 bits per heavy atom. The number of hydrogen-bond acceptors (Lipinski definition) is 2. The zero-order chi connectivity index (χ0) is 12.8. The Morgan fingerprint density at radius 3 is 2.76 bits per heavy atom. The standard InChI is InChI=1S/C13H24N2O2/c1-4-5-6-7-10(2)15-9-8-12(16)14-11(3)13(15)17/h10-11H,4-9H2,1-3H3,(H,14,16). The van der Waals surface area contributed by atoms with E-state index in [0.717, 1.165) is 12.8 Å². The summed E-state index contributed by atoms with van der Waals surface area (Å²) in [6, 6.07) is -0.136. The highest BCUT2D eigenvalue weighted by Crippen LogP contribution is 2.13. The topological polar surface area (TPSA) is 49.4 Å². The molecule has 2 unspecified atom stereocenters. The van der Waals surface area contributed by atoms with E-state index in [1.807, 2.05) is 4.90 Å². The summed E-state index contributed by atoms with van der Waals surface area (Å²) >= 11 is 0. The summed E-state index contributed by atoms with van der Waals surface area (Å²) in [6.45, 7) is 6.57. The van der Waals surface area contributed by atoms with Crippen molar-refractivity contribution in [1.29, 1.82) is 0 Å². The van der Waals surface area contributed by atoms with E-state index in [2.05, 4.69) is 19.2 Å². The monoisotopic (exact) mass is 240 g/mol.